The van der Waals surface area contributed by atoms with E-state index in [1.165, 1.54) is 37.3 Å². The maximum Gasteiger partial charge on any atom is 0.264 e. The van der Waals surface area contributed by atoms with Crippen molar-refractivity contribution in [3.05, 3.63) is 119 Å². The highest BCUT2D eigenvalue weighted by Gasteiger charge is 2.35. The van der Waals surface area contributed by atoms with Gasteiger partial charge in [-0.1, -0.05) is 77.9 Å². The maximum atomic E-state index is 14.6. The number of carbonyl (C=O) groups excluding carboxylic acids is 2. The van der Waals surface area contributed by atoms with Gasteiger partial charge < -0.3 is 19.7 Å². The van der Waals surface area contributed by atoms with Gasteiger partial charge in [0.1, 0.15) is 12.6 Å². The summed E-state index contributed by atoms with van der Waals surface area (Å²) in [4.78, 5) is 30.0. The number of hydrogen-bond acceptors (Lipinski definition) is 6. The molecule has 0 fully saturated rings. The van der Waals surface area contributed by atoms with Crippen molar-refractivity contribution in [1.29, 1.82) is 0 Å². The first-order valence-electron chi connectivity index (χ1n) is 15.4. The Morgan fingerprint density at radius 1 is 0.766 bits per heavy atom. The molecule has 248 valence electrons. The van der Waals surface area contributed by atoms with E-state index in [2.05, 4.69) is 5.32 Å². The highest BCUT2D eigenvalue weighted by atomic mass is 32.2. The SMILES string of the molecule is COc1ccc(N(CC(=O)N(Cc2cccc(C)c2)C(Cc2ccccc2)C(=O)NC(C)C)S(=O)(=O)c2ccc(C)cc2)cc1OC. The first-order valence-corrected chi connectivity index (χ1v) is 16.9. The number of anilines is 1. The summed E-state index contributed by atoms with van der Waals surface area (Å²) in [5, 5.41) is 2.97. The maximum absolute atomic E-state index is 14.6. The Kier molecular flexibility index (Phi) is 11.7. The Balaban J connectivity index is 1.85. The van der Waals surface area contributed by atoms with Crippen molar-refractivity contribution in [2.45, 2.75) is 57.6 Å². The van der Waals surface area contributed by atoms with Gasteiger partial charge in [-0.05, 0) is 63.1 Å². The molecule has 1 unspecified atom stereocenters. The molecule has 4 rings (SSSR count). The molecule has 4 aromatic carbocycles. The summed E-state index contributed by atoms with van der Waals surface area (Å²) in [6, 6.07) is 27.2. The Bertz CT molecular complexity index is 1780. The molecule has 0 saturated heterocycles. The van der Waals surface area contributed by atoms with Crippen LogP contribution in [0, 0.1) is 13.8 Å². The predicted octanol–water partition coefficient (Wildman–Crippen LogP) is 5.68. The van der Waals surface area contributed by atoms with Gasteiger partial charge in [0.25, 0.3) is 10.0 Å². The van der Waals surface area contributed by atoms with Gasteiger partial charge in [-0.3, -0.25) is 13.9 Å². The number of sulfonamides is 1. The lowest BCUT2D eigenvalue weighted by molar-refractivity contribution is -0.140. The molecule has 10 heteroatoms. The molecule has 0 aliphatic rings. The van der Waals surface area contributed by atoms with Crippen molar-refractivity contribution in [2.24, 2.45) is 0 Å². The number of methoxy groups -OCH3 is 2. The number of rotatable bonds is 14. The smallest absolute Gasteiger partial charge is 0.264 e. The number of aryl methyl sites for hydroxylation is 2. The first-order chi connectivity index (χ1) is 22.4. The molecule has 0 spiro atoms. The Morgan fingerprint density at radius 3 is 2.04 bits per heavy atom. The zero-order valence-electron chi connectivity index (χ0n) is 27.8. The van der Waals surface area contributed by atoms with Crippen LogP contribution < -0.4 is 19.1 Å². The molecule has 0 bridgehead atoms. The third-order valence-corrected chi connectivity index (χ3v) is 9.47. The monoisotopic (exact) mass is 657 g/mol. The average Bonchev–Trinajstić information content (AvgIpc) is 3.05. The van der Waals surface area contributed by atoms with Gasteiger partial charge in [-0.2, -0.15) is 0 Å². The molecule has 47 heavy (non-hydrogen) atoms. The van der Waals surface area contributed by atoms with Crippen LogP contribution in [-0.2, 0) is 32.6 Å². The molecule has 9 nitrogen and oxygen atoms in total. The molecule has 0 aliphatic carbocycles. The average molecular weight is 658 g/mol. The van der Waals surface area contributed by atoms with Crippen LogP contribution in [0.1, 0.15) is 36.1 Å². The van der Waals surface area contributed by atoms with Crippen molar-refractivity contribution < 1.29 is 27.5 Å². The number of nitrogens with one attached hydrogen (secondary N) is 1. The quantitative estimate of drug-likeness (QED) is 0.187. The first kappa shape index (κ1) is 35.0. The van der Waals surface area contributed by atoms with Crippen molar-refractivity contribution in [1.82, 2.24) is 10.2 Å². The Morgan fingerprint density at radius 2 is 1.43 bits per heavy atom. The number of carbonyl (C=O) groups is 2. The largest absolute Gasteiger partial charge is 0.493 e. The standard InChI is InChI=1S/C37H43N3O6S/c1-26(2)38-37(42)33(22-29-12-8-7-9-13-29)39(24-30-14-10-11-28(4)21-30)36(41)25-40(31-17-20-34(45-5)35(23-31)46-6)47(43,44)32-18-15-27(3)16-19-32/h7-21,23,26,33H,22,24-25H2,1-6H3,(H,38,42). The van der Waals surface area contributed by atoms with E-state index in [1.54, 1.807) is 24.3 Å². The second-order valence-corrected chi connectivity index (χ2v) is 13.6. The number of nitrogens with zero attached hydrogens (tertiary/aromatic N) is 2. The van der Waals surface area contributed by atoms with E-state index in [9.17, 15) is 18.0 Å². The molecular weight excluding hydrogens is 614 g/mol. The molecular formula is C37H43N3O6S. The second-order valence-electron chi connectivity index (χ2n) is 11.7. The lowest BCUT2D eigenvalue weighted by atomic mass is 10.0. The van der Waals surface area contributed by atoms with Crippen LogP contribution in [0.15, 0.2) is 102 Å². The zero-order chi connectivity index (χ0) is 34.1. The normalized spacial score (nSPS) is 11.9. The molecule has 0 radical (unpaired) electrons. The summed E-state index contributed by atoms with van der Waals surface area (Å²) >= 11 is 0. The topological polar surface area (TPSA) is 105 Å². The summed E-state index contributed by atoms with van der Waals surface area (Å²) in [5.41, 5.74) is 3.77. The molecule has 0 heterocycles. The van der Waals surface area contributed by atoms with Gasteiger partial charge in [-0.15, -0.1) is 0 Å². The van der Waals surface area contributed by atoms with E-state index < -0.39 is 28.5 Å². The number of hydrogen-bond donors (Lipinski definition) is 1. The molecule has 0 aliphatic heterocycles. The third-order valence-electron chi connectivity index (χ3n) is 7.68. The zero-order valence-corrected chi connectivity index (χ0v) is 28.6. The van der Waals surface area contributed by atoms with Gasteiger partial charge in [0.15, 0.2) is 11.5 Å². The van der Waals surface area contributed by atoms with Gasteiger partial charge >= 0.3 is 0 Å². The van der Waals surface area contributed by atoms with Gasteiger partial charge in [0.2, 0.25) is 11.8 Å². The molecule has 4 aromatic rings. The van der Waals surface area contributed by atoms with Crippen LogP contribution in [0.5, 0.6) is 11.5 Å². The summed E-state index contributed by atoms with van der Waals surface area (Å²) in [7, 11) is -1.32. The minimum absolute atomic E-state index is 0.0225. The summed E-state index contributed by atoms with van der Waals surface area (Å²) in [6.07, 6.45) is 0.234. The van der Waals surface area contributed by atoms with Crippen molar-refractivity contribution in [2.75, 3.05) is 25.1 Å². The highest BCUT2D eigenvalue weighted by molar-refractivity contribution is 7.92. The van der Waals surface area contributed by atoms with E-state index in [0.717, 1.165) is 26.6 Å². The molecule has 2 amide bonds. The number of ether oxygens (including phenoxy) is 2. The van der Waals surface area contributed by atoms with Crippen LogP contribution >= 0.6 is 0 Å². The summed E-state index contributed by atoms with van der Waals surface area (Å²) < 4.78 is 40.5. The summed E-state index contributed by atoms with van der Waals surface area (Å²) in [5.74, 6) is -0.165. The van der Waals surface area contributed by atoms with E-state index in [-0.39, 0.29) is 35.5 Å². The van der Waals surface area contributed by atoms with Crippen LogP contribution in [0.25, 0.3) is 0 Å². The summed E-state index contributed by atoms with van der Waals surface area (Å²) in [6.45, 7) is 7.06. The van der Waals surface area contributed by atoms with E-state index in [0.29, 0.717) is 11.5 Å². The van der Waals surface area contributed by atoms with Gasteiger partial charge in [0.05, 0.1) is 24.8 Å². The minimum atomic E-state index is -4.26. The predicted molar refractivity (Wildman–Crippen MR) is 184 cm³/mol. The minimum Gasteiger partial charge on any atom is -0.493 e. The Hall–Kier alpha value is -4.83. The van der Waals surface area contributed by atoms with Crippen LogP contribution in [0.2, 0.25) is 0 Å². The lowest BCUT2D eigenvalue weighted by Gasteiger charge is -2.34. The molecule has 1 N–H and O–H groups in total. The third kappa shape index (κ3) is 8.92. The fraction of sp³-hybridized carbons (Fsp3) is 0.297. The van der Waals surface area contributed by atoms with Gasteiger partial charge in [0, 0.05) is 25.1 Å². The van der Waals surface area contributed by atoms with Crippen molar-refractivity contribution in [3.8, 4) is 11.5 Å². The van der Waals surface area contributed by atoms with Crippen LogP contribution in [0.4, 0.5) is 5.69 Å². The number of benzene rings is 4. The van der Waals surface area contributed by atoms with E-state index >= 15 is 0 Å². The fourth-order valence-corrected chi connectivity index (χ4v) is 6.69. The molecule has 0 saturated carbocycles. The van der Waals surface area contributed by atoms with Crippen molar-refractivity contribution >= 4 is 27.5 Å². The second kappa shape index (κ2) is 15.6. The Labute approximate surface area is 278 Å². The van der Waals surface area contributed by atoms with Crippen LogP contribution in [-0.4, -0.2) is 58.0 Å². The fourth-order valence-electron chi connectivity index (χ4n) is 5.29. The van der Waals surface area contributed by atoms with E-state index in [1.807, 2.05) is 82.3 Å². The van der Waals surface area contributed by atoms with E-state index in [4.69, 9.17) is 9.47 Å². The van der Waals surface area contributed by atoms with Crippen molar-refractivity contribution in [3.63, 3.8) is 0 Å². The lowest BCUT2D eigenvalue weighted by Crippen LogP contribution is -2.54. The molecule has 1 atom stereocenters. The highest BCUT2D eigenvalue weighted by Crippen LogP contribution is 2.34. The number of amides is 2. The van der Waals surface area contributed by atoms with Gasteiger partial charge in [-0.25, -0.2) is 8.42 Å². The van der Waals surface area contributed by atoms with Crippen LogP contribution in [0.3, 0.4) is 0 Å². The molecule has 0 aromatic heterocycles.